The molecule has 0 spiro atoms. The van der Waals surface area contributed by atoms with Gasteiger partial charge in [-0.15, -0.1) is 0 Å². The fourth-order valence-electron chi connectivity index (χ4n) is 3.81. The summed E-state index contributed by atoms with van der Waals surface area (Å²) in [7, 11) is 0. The van der Waals surface area contributed by atoms with Crippen molar-refractivity contribution in [2.45, 2.75) is 19.4 Å². The van der Waals surface area contributed by atoms with Crippen molar-refractivity contribution in [2.24, 2.45) is 0 Å². The van der Waals surface area contributed by atoms with Gasteiger partial charge in [-0.2, -0.15) is 0 Å². The van der Waals surface area contributed by atoms with E-state index in [1.165, 1.54) is 0 Å². The Morgan fingerprint density at radius 2 is 2.11 bits per heavy atom. The van der Waals surface area contributed by atoms with E-state index in [2.05, 4.69) is 10.3 Å². The fraction of sp³-hybridized carbons (Fsp3) is 0.526. The minimum absolute atomic E-state index is 0.00726. The fourth-order valence-corrected chi connectivity index (χ4v) is 3.81. The number of amides is 2. The summed E-state index contributed by atoms with van der Waals surface area (Å²) in [5.41, 5.74) is 2.77. The summed E-state index contributed by atoms with van der Waals surface area (Å²) in [5.74, 6) is -0.0285. The number of carbonyl (C=O) groups excluding carboxylic acids is 2. The summed E-state index contributed by atoms with van der Waals surface area (Å²) < 4.78 is 7.29. The van der Waals surface area contributed by atoms with E-state index in [1.54, 1.807) is 16.0 Å². The number of carbonyl (C=O) groups is 2. The average Bonchev–Trinajstić information content (AvgIpc) is 3.12. The van der Waals surface area contributed by atoms with Crippen LogP contribution in [0.2, 0.25) is 0 Å². The van der Waals surface area contributed by atoms with Crippen LogP contribution in [0.5, 0.6) is 0 Å². The molecule has 0 aromatic carbocycles. The second-order valence-electron chi connectivity index (χ2n) is 7.06. The predicted molar refractivity (Wildman–Crippen MR) is 99.4 cm³/mol. The van der Waals surface area contributed by atoms with Gasteiger partial charge < -0.3 is 24.3 Å². The van der Waals surface area contributed by atoms with E-state index in [0.29, 0.717) is 45.9 Å². The monoisotopic (exact) mass is 371 g/mol. The molecule has 4 heterocycles. The molecule has 0 radical (unpaired) electrons. The van der Waals surface area contributed by atoms with Crippen molar-refractivity contribution < 1.29 is 14.3 Å². The van der Waals surface area contributed by atoms with Crippen LogP contribution in [0.4, 0.5) is 0 Å². The number of pyridine rings is 1. The number of hydrogen-bond acceptors (Lipinski definition) is 5. The lowest BCUT2D eigenvalue weighted by atomic mass is 10.1. The highest BCUT2D eigenvalue weighted by atomic mass is 16.5. The zero-order valence-corrected chi connectivity index (χ0v) is 15.6. The SMILES string of the molecule is Cc1cccn2c(CC(=O)N3CCNCC3C(=O)N3CCOCC3)cnc12. The Kier molecular flexibility index (Phi) is 5.09. The maximum absolute atomic E-state index is 13.1. The molecule has 2 fully saturated rings. The molecular formula is C19H25N5O3. The van der Waals surface area contributed by atoms with Gasteiger partial charge in [0.15, 0.2) is 0 Å². The van der Waals surface area contributed by atoms with E-state index < -0.39 is 6.04 Å². The minimum Gasteiger partial charge on any atom is -0.378 e. The number of fused-ring (bicyclic) bond motifs is 1. The molecule has 8 heteroatoms. The molecule has 4 rings (SSSR count). The van der Waals surface area contributed by atoms with Crippen LogP contribution in [0.15, 0.2) is 24.5 Å². The Hall–Kier alpha value is -2.45. The van der Waals surface area contributed by atoms with E-state index in [1.807, 2.05) is 29.7 Å². The molecule has 27 heavy (non-hydrogen) atoms. The molecule has 1 N–H and O–H groups in total. The van der Waals surface area contributed by atoms with Crippen molar-refractivity contribution in [1.82, 2.24) is 24.5 Å². The molecule has 0 saturated carbocycles. The second kappa shape index (κ2) is 7.66. The normalized spacial score (nSPS) is 20.9. The standard InChI is InChI=1S/C19H25N5O3/c1-14-3-2-5-23-15(12-21-18(14)23)11-17(25)24-6-4-20-13-16(24)19(26)22-7-9-27-10-8-22/h2-3,5,12,16,20H,4,6-11,13H2,1H3. The number of morpholine rings is 1. The number of imidazole rings is 1. The van der Waals surface area contributed by atoms with Crippen LogP contribution in [0.1, 0.15) is 11.3 Å². The second-order valence-corrected chi connectivity index (χ2v) is 7.06. The topological polar surface area (TPSA) is 79.2 Å². The lowest BCUT2D eigenvalue weighted by Gasteiger charge is -2.39. The van der Waals surface area contributed by atoms with Crippen LogP contribution < -0.4 is 5.32 Å². The lowest BCUT2D eigenvalue weighted by molar-refractivity contribution is -0.149. The molecule has 2 aliphatic heterocycles. The van der Waals surface area contributed by atoms with Crippen LogP contribution in [0.3, 0.4) is 0 Å². The molecule has 2 amide bonds. The summed E-state index contributed by atoms with van der Waals surface area (Å²) in [4.78, 5) is 34.0. The molecule has 2 aromatic rings. The number of aryl methyl sites for hydroxylation is 1. The molecule has 8 nitrogen and oxygen atoms in total. The zero-order chi connectivity index (χ0) is 18.8. The van der Waals surface area contributed by atoms with Crippen LogP contribution in [0.25, 0.3) is 5.65 Å². The number of hydrogen-bond donors (Lipinski definition) is 1. The van der Waals surface area contributed by atoms with Crippen molar-refractivity contribution >= 4 is 17.5 Å². The smallest absolute Gasteiger partial charge is 0.246 e. The van der Waals surface area contributed by atoms with E-state index in [9.17, 15) is 9.59 Å². The zero-order valence-electron chi connectivity index (χ0n) is 15.6. The quantitative estimate of drug-likeness (QED) is 0.812. The van der Waals surface area contributed by atoms with Crippen molar-refractivity contribution in [3.05, 3.63) is 35.8 Å². The van der Waals surface area contributed by atoms with Gasteiger partial charge in [-0.25, -0.2) is 4.98 Å². The third kappa shape index (κ3) is 3.54. The highest BCUT2D eigenvalue weighted by Crippen LogP contribution is 2.15. The third-order valence-corrected chi connectivity index (χ3v) is 5.31. The Morgan fingerprint density at radius 3 is 2.93 bits per heavy atom. The highest BCUT2D eigenvalue weighted by molar-refractivity contribution is 5.89. The summed E-state index contributed by atoms with van der Waals surface area (Å²) in [5, 5.41) is 3.25. The lowest BCUT2D eigenvalue weighted by Crippen LogP contribution is -2.61. The molecule has 144 valence electrons. The van der Waals surface area contributed by atoms with Crippen molar-refractivity contribution in [2.75, 3.05) is 45.9 Å². The predicted octanol–water partition coefficient (Wildman–Crippen LogP) is -0.156. The largest absolute Gasteiger partial charge is 0.378 e. The first-order valence-corrected chi connectivity index (χ1v) is 9.43. The van der Waals surface area contributed by atoms with Crippen LogP contribution >= 0.6 is 0 Å². The first-order chi connectivity index (χ1) is 13.1. The van der Waals surface area contributed by atoms with Gasteiger partial charge in [-0.3, -0.25) is 9.59 Å². The summed E-state index contributed by atoms with van der Waals surface area (Å²) in [6.45, 7) is 6.02. The van der Waals surface area contributed by atoms with Gasteiger partial charge in [0.25, 0.3) is 0 Å². The highest BCUT2D eigenvalue weighted by Gasteiger charge is 2.35. The molecule has 0 aliphatic carbocycles. The van der Waals surface area contributed by atoms with Crippen molar-refractivity contribution in [3.8, 4) is 0 Å². The summed E-state index contributed by atoms with van der Waals surface area (Å²) in [6.07, 6.45) is 3.91. The van der Waals surface area contributed by atoms with Crippen LogP contribution in [-0.2, 0) is 20.7 Å². The molecule has 1 unspecified atom stereocenters. The number of aromatic nitrogens is 2. The molecule has 2 aromatic heterocycles. The third-order valence-electron chi connectivity index (χ3n) is 5.31. The van der Waals surface area contributed by atoms with Gasteiger partial charge in [0.1, 0.15) is 11.7 Å². The van der Waals surface area contributed by atoms with E-state index in [0.717, 1.165) is 16.9 Å². The first kappa shape index (κ1) is 17.9. The van der Waals surface area contributed by atoms with Gasteiger partial charge >= 0.3 is 0 Å². The average molecular weight is 371 g/mol. The maximum atomic E-state index is 13.1. The van der Waals surface area contributed by atoms with E-state index in [-0.39, 0.29) is 18.2 Å². The maximum Gasteiger partial charge on any atom is 0.246 e. The van der Waals surface area contributed by atoms with Crippen molar-refractivity contribution in [3.63, 3.8) is 0 Å². The van der Waals surface area contributed by atoms with Crippen LogP contribution in [0, 0.1) is 6.92 Å². The van der Waals surface area contributed by atoms with Gasteiger partial charge in [-0.1, -0.05) is 6.07 Å². The molecular weight excluding hydrogens is 346 g/mol. The van der Waals surface area contributed by atoms with Gasteiger partial charge in [-0.05, 0) is 18.6 Å². The van der Waals surface area contributed by atoms with Gasteiger partial charge in [0.2, 0.25) is 11.8 Å². The Morgan fingerprint density at radius 1 is 1.30 bits per heavy atom. The van der Waals surface area contributed by atoms with Gasteiger partial charge in [0, 0.05) is 45.1 Å². The number of nitrogens with one attached hydrogen (secondary N) is 1. The molecule has 2 aliphatic rings. The molecule has 1 atom stereocenters. The minimum atomic E-state index is -0.453. The molecule has 2 saturated heterocycles. The summed E-state index contributed by atoms with van der Waals surface area (Å²) in [6, 6.07) is 3.50. The Balaban J connectivity index is 1.51. The van der Waals surface area contributed by atoms with E-state index in [4.69, 9.17) is 4.74 Å². The first-order valence-electron chi connectivity index (χ1n) is 9.43. The number of ether oxygens (including phenoxy) is 1. The summed E-state index contributed by atoms with van der Waals surface area (Å²) >= 11 is 0. The van der Waals surface area contributed by atoms with Crippen LogP contribution in [-0.4, -0.2) is 83.0 Å². The Labute approximate surface area is 158 Å². The number of nitrogens with zero attached hydrogens (tertiary/aromatic N) is 4. The van der Waals surface area contributed by atoms with Crippen molar-refractivity contribution in [1.29, 1.82) is 0 Å². The van der Waals surface area contributed by atoms with Gasteiger partial charge in [0.05, 0.1) is 25.3 Å². The number of rotatable bonds is 3. The number of piperazine rings is 1. The Bertz CT molecular complexity index is 843. The van der Waals surface area contributed by atoms with E-state index >= 15 is 0 Å². The molecule has 0 bridgehead atoms.